The number of fused-ring (bicyclic) bond motifs is 4. The van der Waals surface area contributed by atoms with Crippen molar-refractivity contribution < 1.29 is 4.79 Å². The SMILES string of the molecule is CC(=O)C1=CC2=NC1=CC1=NC(=CC3=NC(=CC4=NC(=C2)C=C4)C=C3)C=C1.N#N. The summed E-state index contributed by atoms with van der Waals surface area (Å²) >= 11 is 0. The molecule has 0 fully saturated rings. The largest absolute Gasteiger partial charge is 0.294 e. The number of carbonyl (C=O) groups is 1. The number of carbonyl (C=O) groups excluding carboxylic acids is 1. The van der Waals surface area contributed by atoms with Gasteiger partial charge in [0.25, 0.3) is 0 Å². The van der Waals surface area contributed by atoms with Crippen LogP contribution in [0.2, 0.25) is 0 Å². The van der Waals surface area contributed by atoms with Gasteiger partial charge < -0.3 is 0 Å². The van der Waals surface area contributed by atoms with Crippen LogP contribution in [0.5, 0.6) is 0 Å². The zero-order valence-electron chi connectivity index (χ0n) is 15.4. The molecular weight excluding hydrogens is 364 g/mol. The van der Waals surface area contributed by atoms with Gasteiger partial charge >= 0.3 is 0 Å². The van der Waals surface area contributed by atoms with E-state index in [0.717, 1.165) is 34.2 Å². The number of allylic oxidation sites excluding steroid dienone is 12. The van der Waals surface area contributed by atoms with Crippen LogP contribution < -0.4 is 0 Å². The van der Waals surface area contributed by atoms with Crippen LogP contribution in [-0.4, -0.2) is 28.6 Å². The van der Waals surface area contributed by atoms with Gasteiger partial charge in [0, 0.05) is 16.4 Å². The number of rotatable bonds is 1. The summed E-state index contributed by atoms with van der Waals surface area (Å²) in [6.45, 7) is 1.55. The summed E-state index contributed by atoms with van der Waals surface area (Å²) in [6.07, 6.45) is 21.0. The Morgan fingerprint density at radius 3 is 1.55 bits per heavy atom. The molecule has 0 N–H and O–H groups in total. The van der Waals surface area contributed by atoms with E-state index in [-0.39, 0.29) is 5.78 Å². The average Bonchev–Trinajstić information content (AvgIpc) is 3.48. The first-order valence-corrected chi connectivity index (χ1v) is 8.81. The molecule has 0 aliphatic carbocycles. The predicted molar refractivity (Wildman–Crippen MR) is 112 cm³/mol. The smallest absolute Gasteiger partial charge is 0.162 e. The van der Waals surface area contributed by atoms with Crippen molar-refractivity contribution in [1.29, 1.82) is 10.8 Å². The second kappa shape index (κ2) is 7.37. The molecule has 0 aromatic rings. The second-order valence-corrected chi connectivity index (χ2v) is 6.50. The zero-order valence-corrected chi connectivity index (χ0v) is 15.4. The normalized spacial score (nSPS) is 20.3. The minimum atomic E-state index is -0.0256. The maximum absolute atomic E-state index is 12.0. The molecule has 0 saturated carbocycles. The third-order valence-electron chi connectivity index (χ3n) is 4.42. The highest BCUT2D eigenvalue weighted by Gasteiger charge is 2.19. The van der Waals surface area contributed by atoms with Crippen LogP contribution in [0.4, 0.5) is 0 Å². The molecule has 0 spiro atoms. The van der Waals surface area contributed by atoms with Gasteiger partial charge in [-0.2, -0.15) is 0 Å². The highest BCUT2D eigenvalue weighted by atomic mass is 16.1. The minimum absolute atomic E-state index is 0.0256. The monoisotopic (exact) mass is 378 g/mol. The molecule has 5 rings (SSSR count). The van der Waals surface area contributed by atoms with Crippen LogP contribution in [0.15, 0.2) is 115 Å². The first-order chi connectivity index (χ1) is 14.1. The van der Waals surface area contributed by atoms with E-state index in [9.17, 15) is 4.79 Å². The lowest BCUT2D eigenvalue weighted by atomic mass is 10.1. The summed E-state index contributed by atoms with van der Waals surface area (Å²) in [6, 6.07) is 0. The molecule has 7 nitrogen and oxygen atoms in total. The molecular formula is C22H14N6O. The predicted octanol–water partition coefficient (Wildman–Crippen LogP) is 3.57. The van der Waals surface area contributed by atoms with Gasteiger partial charge in [-0.25, -0.2) is 20.0 Å². The Morgan fingerprint density at radius 2 is 1.07 bits per heavy atom. The molecule has 29 heavy (non-hydrogen) atoms. The van der Waals surface area contributed by atoms with E-state index >= 15 is 0 Å². The summed E-state index contributed by atoms with van der Waals surface area (Å²) in [7, 11) is 0. The van der Waals surface area contributed by atoms with E-state index in [1.165, 1.54) is 0 Å². The van der Waals surface area contributed by atoms with Crippen LogP contribution in [-0.2, 0) is 4.79 Å². The Balaban J connectivity index is 0.000000994. The maximum Gasteiger partial charge on any atom is 0.162 e. The third kappa shape index (κ3) is 3.73. The van der Waals surface area contributed by atoms with Crippen LogP contribution >= 0.6 is 0 Å². The van der Waals surface area contributed by atoms with Crippen LogP contribution in [0, 0.1) is 10.8 Å². The Hall–Kier alpha value is -4.31. The van der Waals surface area contributed by atoms with Gasteiger partial charge in [-0.1, -0.05) is 0 Å². The third-order valence-corrected chi connectivity index (χ3v) is 4.42. The average molecular weight is 378 g/mol. The molecule has 8 bridgehead atoms. The number of Topliss-reactive ketones (excluding diaryl/α,β-unsaturated/α-hetero) is 1. The number of nitrogens with zero attached hydrogens (tertiary/aromatic N) is 6. The molecule has 5 heterocycles. The molecule has 7 heteroatoms. The summed E-state index contributed by atoms with van der Waals surface area (Å²) < 4.78 is 0. The van der Waals surface area contributed by atoms with Gasteiger partial charge in [-0.15, -0.1) is 0 Å². The lowest BCUT2D eigenvalue weighted by molar-refractivity contribution is -0.113. The highest BCUT2D eigenvalue weighted by Crippen LogP contribution is 2.24. The van der Waals surface area contributed by atoms with Crippen molar-refractivity contribution in [3.63, 3.8) is 0 Å². The molecule has 0 atom stereocenters. The lowest BCUT2D eigenvalue weighted by Crippen LogP contribution is -1.98. The Kier molecular flexibility index (Phi) is 4.59. The Bertz CT molecular complexity index is 1220. The van der Waals surface area contributed by atoms with Crippen LogP contribution in [0.25, 0.3) is 0 Å². The van der Waals surface area contributed by atoms with Crippen molar-refractivity contribution in [1.82, 2.24) is 0 Å². The van der Waals surface area contributed by atoms with Gasteiger partial charge in [-0.05, 0) is 73.8 Å². The standard InChI is InChI=1S/C22H14N4O.N2/c1-13(27)21-11-20-10-18-5-4-16(24-18)8-14-2-3-15(23-14)9-17-6-7-19(25-17)12-22(21)26-20;1-2/h2-12H,1H3;. The van der Waals surface area contributed by atoms with E-state index in [0.29, 0.717) is 17.0 Å². The van der Waals surface area contributed by atoms with Gasteiger partial charge in [0.1, 0.15) is 0 Å². The molecule has 0 aromatic carbocycles. The lowest BCUT2D eigenvalue weighted by Gasteiger charge is -1.98. The quantitative estimate of drug-likeness (QED) is 0.650. The maximum atomic E-state index is 12.0. The Morgan fingerprint density at radius 1 is 0.621 bits per heavy atom. The molecule has 0 amide bonds. The van der Waals surface area contributed by atoms with Gasteiger partial charge in [0.2, 0.25) is 0 Å². The minimum Gasteiger partial charge on any atom is -0.294 e. The van der Waals surface area contributed by atoms with Crippen molar-refractivity contribution in [3.8, 4) is 0 Å². The van der Waals surface area contributed by atoms with Crippen LogP contribution in [0.1, 0.15) is 6.92 Å². The van der Waals surface area contributed by atoms with Crippen LogP contribution in [0.3, 0.4) is 0 Å². The molecule has 0 aromatic heterocycles. The van der Waals surface area contributed by atoms with Gasteiger partial charge in [-0.3, -0.25) is 4.79 Å². The van der Waals surface area contributed by atoms with Crippen molar-refractivity contribution in [3.05, 3.63) is 95.2 Å². The van der Waals surface area contributed by atoms with Crippen molar-refractivity contribution in [2.75, 3.05) is 0 Å². The fourth-order valence-electron chi connectivity index (χ4n) is 3.18. The van der Waals surface area contributed by atoms with E-state index < -0.39 is 0 Å². The van der Waals surface area contributed by atoms with E-state index in [4.69, 9.17) is 10.8 Å². The summed E-state index contributed by atoms with van der Waals surface area (Å²) in [4.78, 5) is 30.4. The zero-order chi connectivity index (χ0) is 20.4. The molecule has 0 saturated heterocycles. The van der Waals surface area contributed by atoms with Crippen molar-refractivity contribution in [2.45, 2.75) is 6.92 Å². The molecule has 138 valence electrons. The second-order valence-electron chi connectivity index (χ2n) is 6.50. The summed E-state index contributed by atoms with van der Waals surface area (Å²) in [5, 5.41) is 12.0. The number of aliphatic imine (C=N–C) groups is 4. The van der Waals surface area contributed by atoms with Gasteiger partial charge in [0.05, 0.1) is 45.6 Å². The topological polar surface area (TPSA) is 114 Å². The molecule has 5 aliphatic heterocycles. The first-order valence-electron chi connectivity index (χ1n) is 8.81. The number of hydrogen-bond donors (Lipinski definition) is 0. The fourth-order valence-corrected chi connectivity index (χ4v) is 3.18. The number of hydrogen-bond acceptors (Lipinski definition) is 7. The Labute approximate surface area is 166 Å². The van der Waals surface area contributed by atoms with E-state index in [1.54, 1.807) is 13.0 Å². The molecule has 0 radical (unpaired) electrons. The van der Waals surface area contributed by atoms with E-state index in [2.05, 4.69) is 20.0 Å². The molecule has 0 unspecified atom stereocenters. The molecule has 5 aliphatic rings. The summed E-state index contributed by atoms with van der Waals surface area (Å²) in [5.74, 6) is -0.0256. The number of ketones is 1. The van der Waals surface area contributed by atoms with Crippen molar-refractivity contribution >= 4 is 28.6 Å². The van der Waals surface area contributed by atoms with Crippen molar-refractivity contribution in [2.24, 2.45) is 20.0 Å². The van der Waals surface area contributed by atoms with Gasteiger partial charge in [0.15, 0.2) is 5.78 Å². The fraction of sp³-hybridized carbons (Fsp3) is 0.0455. The van der Waals surface area contributed by atoms with E-state index in [1.807, 2.05) is 60.8 Å². The summed E-state index contributed by atoms with van der Waals surface area (Å²) in [5.41, 5.74) is 6.80. The first kappa shape index (κ1) is 18.1. The highest BCUT2D eigenvalue weighted by molar-refractivity contribution is 6.18.